The zero-order valence-corrected chi connectivity index (χ0v) is 17.9. The normalized spacial score (nSPS) is 15.2. The molecular formula is C20H20F6N6O2. The van der Waals surface area contributed by atoms with Gasteiger partial charge in [-0.1, -0.05) is 5.16 Å². The fraction of sp³-hybridized carbons (Fsp3) is 0.500. The molecule has 1 saturated heterocycles. The molecule has 1 N–H and O–H groups in total. The summed E-state index contributed by atoms with van der Waals surface area (Å²) in [5.41, 5.74) is -2.43. The summed E-state index contributed by atoms with van der Waals surface area (Å²) in [5, 5.41) is 15.1. The molecule has 0 aliphatic carbocycles. The zero-order chi connectivity index (χ0) is 25.1. The van der Waals surface area contributed by atoms with Gasteiger partial charge in [-0.25, -0.2) is 4.79 Å². The number of anilines is 1. The second-order valence-corrected chi connectivity index (χ2v) is 7.68. The van der Waals surface area contributed by atoms with Crippen LogP contribution in [-0.2, 0) is 12.7 Å². The molecule has 2 aromatic rings. The van der Waals surface area contributed by atoms with E-state index in [2.05, 4.69) is 15.5 Å². The standard InChI is InChI=1S/C20H20F6N6O2/c1-28-18(33)31-6-4-12(5-7-31)17-29-16(30-34-17)10-32(11-19(21,22)23)14-3-2-13(9-27)15(8-14)20(24,25)26/h2-3,8,12H,4-7,10-11H2,1H3,(H,28,33). The Labute approximate surface area is 190 Å². The van der Waals surface area contributed by atoms with Gasteiger partial charge in [0, 0.05) is 31.7 Å². The minimum atomic E-state index is -4.92. The highest BCUT2D eigenvalue weighted by atomic mass is 19.4. The van der Waals surface area contributed by atoms with Crippen LogP contribution in [0.25, 0.3) is 0 Å². The SMILES string of the molecule is CNC(=O)N1CCC(c2nc(CN(CC(F)(F)F)c3ccc(C#N)c(C(F)(F)F)c3)no2)CC1. The van der Waals surface area contributed by atoms with E-state index >= 15 is 0 Å². The van der Waals surface area contributed by atoms with E-state index in [-0.39, 0.29) is 23.7 Å². The van der Waals surface area contributed by atoms with Crippen molar-refractivity contribution in [1.29, 1.82) is 5.26 Å². The quantitative estimate of drug-likeness (QED) is 0.636. The number of piperidine rings is 1. The average molecular weight is 490 g/mol. The Kier molecular flexibility index (Phi) is 7.23. The van der Waals surface area contributed by atoms with Gasteiger partial charge in [-0.15, -0.1) is 0 Å². The molecule has 2 heterocycles. The molecule has 1 fully saturated rings. The van der Waals surface area contributed by atoms with Gasteiger partial charge in [0.25, 0.3) is 0 Å². The molecule has 0 unspecified atom stereocenters. The summed E-state index contributed by atoms with van der Waals surface area (Å²) in [6.07, 6.45) is -8.64. The van der Waals surface area contributed by atoms with Crippen molar-refractivity contribution in [3.8, 4) is 6.07 Å². The molecule has 0 bridgehead atoms. The van der Waals surface area contributed by atoms with E-state index in [1.54, 1.807) is 4.90 Å². The molecule has 0 saturated carbocycles. The molecule has 1 aliphatic heterocycles. The number of amides is 2. The Morgan fingerprint density at radius 3 is 2.50 bits per heavy atom. The number of alkyl halides is 6. The van der Waals surface area contributed by atoms with Crippen molar-refractivity contribution in [3.05, 3.63) is 41.0 Å². The van der Waals surface area contributed by atoms with Crippen molar-refractivity contribution in [1.82, 2.24) is 20.4 Å². The summed E-state index contributed by atoms with van der Waals surface area (Å²) >= 11 is 0. The van der Waals surface area contributed by atoms with Crippen molar-refractivity contribution in [3.63, 3.8) is 0 Å². The fourth-order valence-corrected chi connectivity index (χ4v) is 3.67. The predicted octanol–water partition coefficient (Wildman–Crippen LogP) is 4.05. The first-order chi connectivity index (χ1) is 15.9. The van der Waals surface area contributed by atoms with Gasteiger partial charge in [0.2, 0.25) is 5.89 Å². The number of rotatable bonds is 5. The molecular weight excluding hydrogens is 470 g/mol. The molecule has 0 radical (unpaired) electrons. The summed E-state index contributed by atoms with van der Waals surface area (Å²) in [6, 6.07) is 3.49. The Balaban J connectivity index is 1.80. The minimum absolute atomic E-state index is 0.133. The molecule has 14 heteroatoms. The fourth-order valence-electron chi connectivity index (χ4n) is 3.67. The van der Waals surface area contributed by atoms with E-state index in [1.807, 2.05) is 0 Å². The maximum Gasteiger partial charge on any atom is 0.417 e. The lowest BCUT2D eigenvalue weighted by atomic mass is 9.97. The van der Waals surface area contributed by atoms with Crippen LogP contribution in [0.15, 0.2) is 22.7 Å². The number of hydrogen-bond donors (Lipinski definition) is 1. The van der Waals surface area contributed by atoms with Gasteiger partial charge in [-0.3, -0.25) is 0 Å². The second kappa shape index (κ2) is 9.78. The van der Waals surface area contributed by atoms with Crippen LogP contribution in [0.5, 0.6) is 0 Å². The lowest BCUT2D eigenvalue weighted by Gasteiger charge is -2.29. The lowest BCUT2D eigenvalue weighted by Crippen LogP contribution is -2.42. The van der Waals surface area contributed by atoms with E-state index in [1.165, 1.54) is 13.1 Å². The molecule has 184 valence electrons. The first kappa shape index (κ1) is 25.1. The first-order valence-corrected chi connectivity index (χ1v) is 10.1. The highest BCUT2D eigenvalue weighted by Gasteiger charge is 2.36. The Morgan fingerprint density at radius 1 is 1.26 bits per heavy atom. The van der Waals surface area contributed by atoms with Crippen LogP contribution < -0.4 is 10.2 Å². The molecule has 1 aromatic heterocycles. The number of nitrogens with one attached hydrogen (secondary N) is 1. The van der Waals surface area contributed by atoms with Crippen LogP contribution in [0.3, 0.4) is 0 Å². The van der Waals surface area contributed by atoms with Crippen molar-refractivity contribution >= 4 is 11.7 Å². The maximum atomic E-state index is 13.3. The number of nitriles is 1. The van der Waals surface area contributed by atoms with E-state index < -0.39 is 42.3 Å². The van der Waals surface area contributed by atoms with Crippen LogP contribution in [0.2, 0.25) is 0 Å². The number of halogens is 6. The molecule has 1 aliphatic rings. The molecule has 2 amide bonds. The minimum Gasteiger partial charge on any atom is -0.355 e. The van der Waals surface area contributed by atoms with Gasteiger partial charge < -0.3 is 19.6 Å². The van der Waals surface area contributed by atoms with E-state index in [9.17, 15) is 31.1 Å². The molecule has 3 rings (SSSR count). The lowest BCUT2D eigenvalue weighted by molar-refractivity contribution is -0.137. The van der Waals surface area contributed by atoms with Crippen LogP contribution in [0, 0.1) is 11.3 Å². The van der Waals surface area contributed by atoms with E-state index in [0.29, 0.717) is 36.9 Å². The van der Waals surface area contributed by atoms with Crippen LogP contribution in [0.4, 0.5) is 36.8 Å². The zero-order valence-electron chi connectivity index (χ0n) is 17.9. The van der Waals surface area contributed by atoms with Crippen LogP contribution in [-0.4, -0.2) is 53.9 Å². The van der Waals surface area contributed by atoms with Crippen LogP contribution in [0.1, 0.15) is 41.6 Å². The third-order valence-electron chi connectivity index (χ3n) is 5.33. The third kappa shape index (κ3) is 6.09. The van der Waals surface area contributed by atoms with Crippen molar-refractivity contribution < 1.29 is 35.7 Å². The van der Waals surface area contributed by atoms with Gasteiger partial charge in [-0.2, -0.15) is 36.6 Å². The summed E-state index contributed by atoms with van der Waals surface area (Å²) in [4.78, 5) is 18.1. The highest BCUT2D eigenvalue weighted by molar-refractivity contribution is 5.73. The largest absolute Gasteiger partial charge is 0.417 e. The van der Waals surface area contributed by atoms with Gasteiger partial charge in [0.15, 0.2) is 5.82 Å². The number of urea groups is 1. The van der Waals surface area contributed by atoms with Gasteiger partial charge in [-0.05, 0) is 31.0 Å². The number of benzene rings is 1. The molecule has 34 heavy (non-hydrogen) atoms. The smallest absolute Gasteiger partial charge is 0.355 e. The third-order valence-corrected chi connectivity index (χ3v) is 5.33. The van der Waals surface area contributed by atoms with Crippen LogP contribution >= 0.6 is 0 Å². The van der Waals surface area contributed by atoms with Crippen molar-refractivity contribution in [2.45, 2.75) is 37.7 Å². The van der Waals surface area contributed by atoms with E-state index in [4.69, 9.17) is 9.78 Å². The van der Waals surface area contributed by atoms with Gasteiger partial charge >= 0.3 is 18.4 Å². The second-order valence-electron chi connectivity index (χ2n) is 7.68. The number of nitrogens with zero attached hydrogens (tertiary/aromatic N) is 5. The van der Waals surface area contributed by atoms with Gasteiger partial charge in [0.1, 0.15) is 6.54 Å². The number of likely N-dealkylation sites (tertiary alicyclic amines) is 1. The summed E-state index contributed by atoms with van der Waals surface area (Å²) < 4.78 is 84.6. The number of carbonyl (C=O) groups excluding carboxylic acids is 1. The Hall–Kier alpha value is -3.50. The molecule has 8 nitrogen and oxygen atoms in total. The Bertz CT molecular complexity index is 1050. The number of carbonyl (C=O) groups is 1. The maximum absolute atomic E-state index is 13.3. The summed E-state index contributed by atoms with van der Waals surface area (Å²) in [6.45, 7) is -1.28. The van der Waals surface area contributed by atoms with E-state index in [0.717, 1.165) is 12.1 Å². The average Bonchev–Trinajstić information content (AvgIpc) is 3.24. The predicted molar refractivity (Wildman–Crippen MR) is 106 cm³/mol. The molecule has 0 atom stereocenters. The highest BCUT2D eigenvalue weighted by Crippen LogP contribution is 2.35. The molecule has 0 spiro atoms. The topological polar surface area (TPSA) is 98.3 Å². The molecule has 1 aromatic carbocycles. The van der Waals surface area contributed by atoms with Gasteiger partial charge in [0.05, 0.1) is 23.7 Å². The number of aromatic nitrogens is 2. The summed E-state index contributed by atoms with van der Waals surface area (Å²) in [7, 11) is 1.51. The Morgan fingerprint density at radius 2 is 1.94 bits per heavy atom. The monoisotopic (exact) mass is 490 g/mol. The van der Waals surface area contributed by atoms with Crippen molar-refractivity contribution in [2.75, 3.05) is 31.6 Å². The first-order valence-electron chi connectivity index (χ1n) is 10.1. The van der Waals surface area contributed by atoms with Crippen molar-refractivity contribution in [2.24, 2.45) is 0 Å². The number of hydrogen-bond acceptors (Lipinski definition) is 6. The summed E-state index contributed by atoms with van der Waals surface area (Å²) in [5.74, 6) is -0.148.